The number of unbranched alkanes of at least 4 members (excludes halogenated alkanes) is 2. The van der Waals surface area contributed by atoms with Crippen LogP contribution in [-0.4, -0.2) is 46.4 Å². The van der Waals surface area contributed by atoms with E-state index in [2.05, 4.69) is 25.1 Å². The highest BCUT2D eigenvalue weighted by Gasteiger charge is 2.11. The van der Waals surface area contributed by atoms with Gasteiger partial charge in [0.25, 0.3) is 0 Å². The second kappa shape index (κ2) is 12.7. The molecular formula is C18H27F2N3O4. The number of esters is 1. The Morgan fingerprint density at radius 1 is 1.19 bits per heavy atom. The number of guanidine groups is 1. The van der Waals surface area contributed by atoms with Crippen molar-refractivity contribution in [3.63, 3.8) is 0 Å². The van der Waals surface area contributed by atoms with Crippen LogP contribution in [0.3, 0.4) is 0 Å². The molecule has 0 spiro atoms. The molecular weight excluding hydrogens is 360 g/mol. The smallest absolute Gasteiger partial charge is 0.387 e. The van der Waals surface area contributed by atoms with Gasteiger partial charge in [-0.15, -0.1) is 0 Å². The number of alkyl halides is 2. The predicted octanol–water partition coefficient (Wildman–Crippen LogP) is 2.70. The van der Waals surface area contributed by atoms with Gasteiger partial charge in [-0.1, -0.05) is 6.42 Å². The molecule has 2 N–H and O–H groups in total. The molecule has 0 bridgehead atoms. The average Bonchev–Trinajstić information content (AvgIpc) is 2.66. The molecule has 0 radical (unpaired) electrons. The number of halogens is 2. The molecule has 1 rings (SSSR count). The molecule has 152 valence electrons. The highest BCUT2D eigenvalue weighted by Crippen LogP contribution is 2.25. The van der Waals surface area contributed by atoms with Gasteiger partial charge in [0.2, 0.25) is 0 Å². The van der Waals surface area contributed by atoms with E-state index in [1.165, 1.54) is 20.3 Å². The van der Waals surface area contributed by atoms with Crippen molar-refractivity contribution in [2.75, 3.05) is 27.8 Å². The third-order valence-corrected chi connectivity index (χ3v) is 3.73. The molecule has 0 saturated carbocycles. The second-order valence-electron chi connectivity index (χ2n) is 5.59. The van der Waals surface area contributed by atoms with Crippen molar-refractivity contribution in [1.82, 2.24) is 10.6 Å². The van der Waals surface area contributed by atoms with Crippen LogP contribution in [-0.2, 0) is 16.1 Å². The van der Waals surface area contributed by atoms with Crippen LogP contribution in [0.4, 0.5) is 8.78 Å². The Morgan fingerprint density at radius 2 is 1.96 bits per heavy atom. The largest absolute Gasteiger partial charge is 0.497 e. The van der Waals surface area contributed by atoms with Crippen LogP contribution in [0.15, 0.2) is 23.2 Å². The van der Waals surface area contributed by atoms with Crippen LogP contribution in [0.1, 0.15) is 31.2 Å². The van der Waals surface area contributed by atoms with Crippen LogP contribution in [0.2, 0.25) is 0 Å². The maximum Gasteiger partial charge on any atom is 0.387 e. The molecule has 0 unspecified atom stereocenters. The van der Waals surface area contributed by atoms with Crippen molar-refractivity contribution in [2.45, 2.75) is 38.8 Å². The number of rotatable bonds is 11. The number of methoxy groups -OCH3 is 2. The van der Waals surface area contributed by atoms with E-state index >= 15 is 0 Å². The van der Waals surface area contributed by atoms with Gasteiger partial charge in [-0.25, -0.2) is 0 Å². The zero-order valence-corrected chi connectivity index (χ0v) is 15.9. The molecule has 27 heavy (non-hydrogen) atoms. The summed E-state index contributed by atoms with van der Waals surface area (Å²) < 4.78 is 39.4. The molecule has 9 heteroatoms. The number of carbonyl (C=O) groups is 1. The number of aliphatic imine (C=N–C) groups is 1. The summed E-state index contributed by atoms with van der Waals surface area (Å²) in [5.74, 6) is 0.952. The van der Waals surface area contributed by atoms with Crippen LogP contribution in [0, 0.1) is 0 Å². The molecule has 7 nitrogen and oxygen atoms in total. The van der Waals surface area contributed by atoms with Gasteiger partial charge in [0.1, 0.15) is 11.5 Å². The zero-order valence-electron chi connectivity index (χ0n) is 15.9. The van der Waals surface area contributed by atoms with Gasteiger partial charge in [-0.05, 0) is 31.0 Å². The van der Waals surface area contributed by atoms with Crippen molar-refractivity contribution >= 4 is 11.9 Å². The van der Waals surface area contributed by atoms with Crippen LogP contribution < -0.4 is 20.1 Å². The molecule has 0 heterocycles. The van der Waals surface area contributed by atoms with E-state index in [1.54, 1.807) is 19.2 Å². The first-order valence-electron chi connectivity index (χ1n) is 8.63. The quantitative estimate of drug-likeness (QED) is 0.263. The van der Waals surface area contributed by atoms with E-state index in [0.29, 0.717) is 30.2 Å². The molecule has 0 aliphatic rings. The fourth-order valence-electron chi connectivity index (χ4n) is 2.31. The minimum atomic E-state index is -2.90. The monoisotopic (exact) mass is 387 g/mol. The molecule has 0 aromatic heterocycles. The predicted molar refractivity (Wildman–Crippen MR) is 98.3 cm³/mol. The molecule has 0 aliphatic carbocycles. The van der Waals surface area contributed by atoms with Crippen molar-refractivity contribution < 1.29 is 27.8 Å². The van der Waals surface area contributed by atoms with Gasteiger partial charge >= 0.3 is 12.6 Å². The number of hydrogen-bond acceptors (Lipinski definition) is 5. The summed E-state index contributed by atoms with van der Waals surface area (Å²) in [6, 6.07) is 4.63. The van der Waals surface area contributed by atoms with E-state index < -0.39 is 6.61 Å². The van der Waals surface area contributed by atoms with E-state index in [1.807, 2.05) is 0 Å². The van der Waals surface area contributed by atoms with Crippen LogP contribution in [0.5, 0.6) is 11.5 Å². The third-order valence-electron chi connectivity index (χ3n) is 3.73. The van der Waals surface area contributed by atoms with Crippen molar-refractivity contribution in [2.24, 2.45) is 4.99 Å². The number of hydrogen-bond donors (Lipinski definition) is 2. The fraction of sp³-hybridized carbons (Fsp3) is 0.556. The summed E-state index contributed by atoms with van der Waals surface area (Å²) in [6.45, 7) is -2.00. The SMILES string of the molecule is CN=C(NCCCCCC(=O)OC)NCc1cc(OC)ccc1OC(F)F. The van der Waals surface area contributed by atoms with Gasteiger partial charge in [0.05, 0.1) is 14.2 Å². The molecule has 1 aromatic rings. The number of ether oxygens (including phenoxy) is 3. The Labute approximate surface area is 158 Å². The second-order valence-corrected chi connectivity index (χ2v) is 5.59. The summed E-state index contributed by atoms with van der Waals surface area (Å²) in [5.41, 5.74) is 0.524. The average molecular weight is 387 g/mol. The zero-order chi connectivity index (χ0) is 20.1. The lowest BCUT2D eigenvalue weighted by atomic mass is 10.2. The first-order valence-corrected chi connectivity index (χ1v) is 8.63. The summed E-state index contributed by atoms with van der Waals surface area (Å²) in [5, 5.41) is 6.19. The molecule has 0 atom stereocenters. The number of carbonyl (C=O) groups excluding carboxylic acids is 1. The minimum absolute atomic E-state index is 0.0802. The molecule has 0 amide bonds. The standard InChI is InChI=1S/C18H27F2N3O4/c1-21-18(22-10-6-4-5-7-16(24)26-3)23-12-13-11-14(25-2)8-9-15(13)27-17(19)20/h8-9,11,17H,4-7,10,12H2,1-3H3,(H2,21,22,23). The first kappa shape index (κ1) is 22.5. The molecule has 0 fully saturated rings. The Morgan fingerprint density at radius 3 is 2.59 bits per heavy atom. The van der Waals surface area contributed by atoms with Crippen LogP contribution in [0.25, 0.3) is 0 Å². The van der Waals surface area contributed by atoms with E-state index in [4.69, 9.17) is 4.74 Å². The summed E-state index contributed by atoms with van der Waals surface area (Å²) >= 11 is 0. The van der Waals surface area contributed by atoms with Gasteiger partial charge in [-0.2, -0.15) is 8.78 Å². The van der Waals surface area contributed by atoms with Crippen molar-refractivity contribution in [1.29, 1.82) is 0 Å². The third kappa shape index (κ3) is 9.07. The minimum Gasteiger partial charge on any atom is -0.497 e. The van der Waals surface area contributed by atoms with Gasteiger partial charge in [0.15, 0.2) is 5.96 Å². The maximum atomic E-state index is 12.6. The number of nitrogens with one attached hydrogen (secondary N) is 2. The lowest BCUT2D eigenvalue weighted by Gasteiger charge is -2.15. The highest BCUT2D eigenvalue weighted by molar-refractivity contribution is 5.79. The highest BCUT2D eigenvalue weighted by atomic mass is 19.3. The van der Waals surface area contributed by atoms with E-state index in [0.717, 1.165) is 19.3 Å². The Bertz CT molecular complexity index is 612. The summed E-state index contributed by atoms with van der Waals surface area (Å²) in [4.78, 5) is 15.1. The maximum absolute atomic E-state index is 12.6. The Balaban J connectivity index is 2.46. The van der Waals surface area contributed by atoms with Gasteiger partial charge in [0, 0.05) is 32.1 Å². The van der Waals surface area contributed by atoms with E-state index in [-0.39, 0.29) is 18.3 Å². The molecule has 1 aromatic carbocycles. The Kier molecular flexibility index (Phi) is 10.6. The normalized spacial score (nSPS) is 11.3. The van der Waals surface area contributed by atoms with Gasteiger partial charge in [-0.3, -0.25) is 9.79 Å². The lowest BCUT2D eigenvalue weighted by Crippen LogP contribution is -2.37. The first-order chi connectivity index (χ1) is 13.0. The number of nitrogens with zero attached hydrogens (tertiary/aromatic N) is 1. The van der Waals surface area contributed by atoms with Crippen LogP contribution >= 0.6 is 0 Å². The topological polar surface area (TPSA) is 81.2 Å². The van der Waals surface area contributed by atoms with Crippen molar-refractivity contribution in [3.8, 4) is 11.5 Å². The van der Waals surface area contributed by atoms with Crippen molar-refractivity contribution in [3.05, 3.63) is 23.8 Å². The molecule has 0 saturated heterocycles. The van der Waals surface area contributed by atoms with E-state index in [9.17, 15) is 13.6 Å². The lowest BCUT2D eigenvalue weighted by molar-refractivity contribution is -0.140. The summed E-state index contributed by atoms with van der Waals surface area (Å²) in [7, 11) is 4.50. The molecule has 0 aliphatic heterocycles. The summed E-state index contributed by atoms with van der Waals surface area (Å²) in [6.07, 6.45) is 2.91. The number of benzene rings is 1. The Hall–Kier alpha value is -2.58. The van der Waals surface area contributed by atoms with Gasteiger partial charge < -0.3 is 24.8 Å². The fourth-order valence-corrected chi connectivity index (χ4v) is 2.31.